The predicted octanol–water partition coefficient (Wildman–Crippen LogP) is 1.51. The molecule has 0 spiro atoms. The maximum Gasteiger partial charge on any atom is 0.274 e. The fraction of sp³-hybridized carbons (Fsp3) is 0.400. The number of hydrogen-bond donors (Lipinski definition) is 0. The largest absolute Gasteiger partial charge is 0.385 e. The van der Waals surface area contributed by atoms with Crippen LogP contribution in [0.25, 0.3) is 0 Å². The van der Waals surface area contributed by atoms with Crippen molar-refractivity contribution >= 4 is 5.91 Å². The van der Waals surface area contributed by atoms with Crippen molar-refractivity contribution in [2.24, 2.45) is 0 Å². The van der Waals surface area contributed by atoms with Gasteiger partial charge in [0.2, 0.25) is 0 Å². The molecule has 1 aliphatic heterocycles. The lowest BCUT2D eigenvalue weighted by Gasteiger charge is -2.34. The van der Waals surface area contributed by atoms with Crippen LogP contribution in [0.15, 0.2) is 36.9 Å². The number of amides is 1. The molecule has 0 saturated heterocycles. The van der Waals surface area contributed by atoms with Gasteiger partial charge in [0.05, 0.1) is 18.8 Å². The van der Waals surface area contributed by atoms with E-state index in [0.29, 0.717) is 25.4 Å². The van der Waals surface area contributed by atoms with Crippen LogP contribution in [-0.4, -0.2) is 45.6 Å². The van der Waals surface area contributed by atoms with Crippen molar-refractivity contribution in [2.75, 3.05) is 20.3 Å². The van der Waals surface area contributed by atoms with Crippen LogP contribution in [0.1, 0.15) is 28.6 Å². The van der Waals surface area contributed by atoms with Crippen molar-refractivity contribution in [3.8, 4) is 0 Å². The topological polar surface area (TPSA) is 60.2 Å². The molecule has 3 heterocycles. The summed E-state index contributed by atoms with van der Waals surface area (Å²) >= 11 is 0. The molecule has 0 bridgehead atoms. The van der Waals surface area contributed by atoms with E-state index in [1.807, 2.05) is 11.0 Å². The third-order valence-electron chi connectivity index (χ3n) is 3.77. The Kier molecular flexibility index (Phi) is 3.96. The zero-order chi connectivity index (χ0) is 14.7. The van der Waals surface area contributed by atoms with Gasteiger partial charge in [-0.05, 0) is 18.6 Å². The van der Waals surface area contributed by atoms with Crippen LogP contribution in [0.5, 0.6) is 0 Å². The van der Waals surface area contributed by atoms with E-state index in [1.165, 1.54) is 6.20 Å². The van der Waals surface area contributed by atoms with E-state index in [0.717, 1.165) is 12.1 Å². The van der Waals surface area contributed by atoms with Gasteiger partial charge in [-0.1, -0.05) is 0 Å². The van der Waals surface area contributed by atoms with E-state index in [-0.39, 0.29) is 11.9 Å². The third kappa shape index (κ3) is 2.80. The van der Waals surface area contributed by atoms with Gasteiger partial charge in [-0.25, -0.2) is 4.98 Å². The quantitative estimate of drug-likeness (QED) is 0.855. The minimum Gasteiger partial charge on any atom is -0.385 e. The van der Waals surface area contributed by atoms with Crippen LogP contribution in [-0.2, 0) is 11.3 Å². The van der Waals surface area contributed by atoms with Crippen LogP contribution in [0.2, 0.25) is 0 Å². The van der Waals surface area contributed by atoms with Crippen molar-refractivity contribution in [2.45, 2.75) is 19.0 Å². The van der Waals surface area contributed by atoms with Gasteiger partial charge in [-0.2, -0.15) is 0 Å². The summed E-state index contributed by atoms with van der Waals surface area (Å²) in [6.07, 6.45) is 7.57. The lowest BCUT2D eigenvalue weighted by atomic mass is 10.1. The summed E-state index contributed by atoms with van der Waals surface area (Å²) in [7, 11) is 1.70. The van der Waals surface area contributed by atoms with E-state index in [9.17, 15) is 4.79 Å². The summed E-state index contributed by atoms with van der Waals surface area (Å²) in [5.41, 5.74) is 1.53. The Morgan fingerprint density at radius 3 is 3.14 bits per heavy atom. The highest BCUT2D eigenvalue weighted by molar-refractivity contribution is 5.92. The van der Waals surface area contributed by atoms with Crippen LogP contribution in [0, 0.1) is 0 Å². The SMILES string of the molecule is COCC[C@H]1CN(C(=O)c2cnccn2)Cc2cccn21. The van der Waals surface area contributed by atoms with Gasteiger partial charge in [0.15, 0.2) is 0 Å². The van der Waals surface area contributed by atoms with Crippen molar-refractivity contribution in [3.63, 3.8) is 0 Å². The zero-order valence-corrected chi connectivity index (χ0v) is 12.0. The maximum atomic E-state index is 12.5. The highest BCUT2D eigenvalue weighted by atomic mass is 16.5. The number of carbonyl (C=O) groups excluding carboxylic acids is 1. The van der Waals surface area contributed by atoms with Gasteiger partial charge < -0.3 is 14.2 Å². The number of nitrogens with zero attached hydrogens (tertiary/aromatic N) is 4. The Bertz CT molecular complexity index is 611. The van der Waals surface area contributed by atoms with Gasteiger partial charge in [0.1, 0.15) is 5.69 Å². The molecular weight excluding hydrogens is 268 g/mol. The summed E-state index contributed by atoms with van der Waals surface area (Å²) in [6, 6.07) is 4.31. The highest BCUT2D eigenvalue weighted by Crippen LogP contribution is 2.25. The Morgan fingerprint density at radius 1 is 1.48 bits per heavy atom. The van der Waals surface area contributed by atoms with E-state index >= 15 is 0 Å². The maximum absolute atomic E-state index is 12.5. The van der Waals surface area contributed by atoms with Crippen molar-refractivity contribution < 1.29 is 9.53 Å². The molecule has 21 heavy (non-hydrogen) atoms. The normalized spacial score (nSPS) is 17.6. The van der Waals surface area contributed by atoms with E-state index < -0.39 is 0 Å². The van der Waals surface area contributed by atoms with E-state index in [1.54, 1.807) is 19.5 Å². The summed E-state index contributed by atoms with van der Waals surface area (Å²) < 4.78 is 7.41. The minimum atomic E-state index is -0.0713. The Morgan fingerprint density at radius 2 is 2.38 bits per heavy atom. The van der Waals surface area contributed by atoms with Crippen LogP contribution in [0.4, 0.5) is 0 Å². The number of rotatable bonds is 4. The average molecular weight is 286 g/mol. The standard InChI is InChI=1S/C15H18N4O2/c1-21-8-4-13-11-18(10-12-3-2-7-19(12)13)15(20)14-9-16-5-6-17-14/h2-3,5-7,9,13H,4,8,10-11H2,1H3/t13-/m0/s1. The first-order valence-electron chi connectivity index (χ1n) is 6.99. The summed E-state index contributed by atoms with van der Waals surface area (Å²) in [5.74, 6) is -0.0713. The molecule has 1 atom stereocenters. The predicted molar refractivity (Wildman–Crippen MR) is 76.7 cm³/mol. The monoisotopic (exact) mass is 286 g/mol. The Hall–Kier alpha value is -2.21. The molecule has 1 aliphatic rings. The van der Waals surface area contributed by atoms with Gasteiger partial charge in [0.25, 0.3) is 5.91 Å². The molecule has 3 rings (SSSR count). The van der Waals surface area contributed by atoms with Crippen LogP contribution >= 0.6 is 0 Å². The van der Waals surface area contributed by atoms with Gasteiger partial charge in [-0.15, -0.1) is 0 Å². The van der Waals surface area contributed by atoms with Gasteiger partial charge >= 0.3 is 0 Å². The molecule has 0 unspecified atom stereocenters. The molecule has 0 radical (unpaired) electrons. The number of methoxy groups -OCH3 is 1. The number of aromatic nitrogens is 3. The van der Waals surface area contributed by atoms with Crippen molar-refractivity contribution in [3.05, 3.63) is 48.3 Å². The summed E-state index contributed by atoms with van der Waals surface area (Å²) in [4.78, 5) is 22.4. The minimum absolute atomic E-state index is 0.0713. The fourth-order valence-electron chi connectivity index (χ4n) is 2.73. The first-order chi connectivity index (χ1) is 10.3. The molecule has 0 aliphatic carbocycles. The molecule has 0 fully saturated rings. The number of ether oxygens (including phenoxy) is 1. The van der Waals surface area contributed by atoms with E-state index in [4.69, 9.17) is 4.74 Å². The first-order valence-corrected chi connectivity index (χ1v) is 6.99. The second-order valence-electron chi connectivity index (χ2n) is 5.12. The number of fused-ring (bicyclic) bond motifs is 1. The molecule has 0 aromatic carbocycles. The van der Waals surface area contributed by atoms with E-state index in [2.05, 4.69) is 26.8 Å². The third-order valence-corrected chi connectivity index (χ3v) is 3.77. The molecular formula is C15H18N4O2. The molecule has 2 aromatic rings. The lowest BCUT2D eigenvalue weighted by molar-refractivity contribution is 0.0647. The van der Waals surface area contributed by atoms with Crippen LogP contribution < -0.4 is 0 Å². The van der Waals surface area contributed by atoms with Crippen LogP contribution in [0.3, 0.4) is 0 Å². The molecule has 6 nitrogen and oxygen atoms in total. The first kappa shape index (κ1) is 13.8. The van der Waals surface area contributed by atoms with Crippen molar-refractivity contribution in [1.82, 2.24) is 19.4 Å². The average Bonchev–Trinajstić information content (AvgIpc) is 3.01. The molecule has 110 valence electrons. The second kappa shape index (κ2) is 6.05. The van der Waals surface area contributed by atoms with Gasteiger partial charge in [0, 0.05) is 44.5 Å². The zero-order valence-electron chi connectivity index (χ0n) is 12.0. The molecule has 0 saturated carbocycles. The number of hydrogen-bond acceptors (Lipinski definition) is 4. The summed E-state index contributed by atoms with van der Waals surface area (Å²) in [5, 5.41) is 0. The molecule has 1 amide bonds. The lowest BCUT2D eigenvalue weighted by Crippen LogP contribution is -2.41. The number of carbonyl (C=O) groups is 1. The fourth-order valence-corrected chi connectivity index (χ4v) is 2.73. The highest BCUT2D eigenvalue weighted by Gasteiger charge is 2.28. The second-order valence-corrected chi connectivity index (χ2v) is 5.12. The Balaban J connectivity index is 1.81. The Labute approximate surface area is 123 Å². The smallest absolute Gasteiger partial charge is 0.274 e. The van der Waals surface area contributed by atoms with Crippen molar-refractivity contribution in [1.29, 1.82) is 0 Å². The molecule has 6 heteroatoms. The van der Waals surface area contributed by atoms with Gasteiger partial charge in [-0.3, -0.25) is 9.78 Å². The summed E-state index contributed by atoms with van der Waals surface area (Å²) in [6.45, 7) is 1.95. The molecule has 2 aromatic heterocycles. The molecule has 0 N–H and O–H groups in total.